The molecule has 2 rings (SSSR count). The Morgan fingerprint density at radius 2 is 1.88 bits per heavy atom. The molecule has 0 aromatic heterocycles. The average Bonchev–Trinajstić information content (AvgIpc) is 2.75. The number of unbranched alkanes of at least 4 members (excludes halogenated alkanes) is 1. The first kappa shape index (κ1) is 18.1. The maximum atomic E-state index is 12.4. The van der Waals surface area contributed by atoms with Gasteiger partial charge in [-0.15, -0.1) is 0 Å². The number of carbonyl (C=O) groups excluding carboxylic acids is 2. The number of imide groups is 1. The summed E-state index contributed by atoms with van der Waals surface area (Å²) in [6.45, 7) is 1.87. The van der Waals surface area contributed by atoms with Gasteiger partial charge in [-0.3, -0.25) is 19.3 Å². The average molecular weight is 354 g/mol. The van der Waals surface area contributed by atoms with Gasteiger partial charge in [0.05, 0.1) is 16.0 Å². The number of hydrogen-bond donors (Lipinski definition) is 2. The van der Waals surface area contributed by atoms with E-state index in [1.54, 1.807) is 0 Å². The van der Waals surface area contributed by atoms with Crippen molar-refractivity contribution in [2.24, 2.45) is 0 Å². The first-order valence-electron chi connectivity index (χ1n) is 7.40. The summed E-state index contributed by atoms with van der Waals surface area (Å²) in [7, 11) is -2.82. The monoisotopic (exact) mass is 354 g/mol. The molecule has 130 valence electrons. The van der Waals surface area contributed by atoms with Crippen molar-refractivity contribution in [1.29, 1.82) is 0 Å². The number of aliphatic carboxylic acids is 1. The molecule has 2 N–H and O–H groups in total. The molecule has 9 heteroatoms. The lowest BCUT2D eigenvalue weighted by Gasteiger charge is -2.14. The minimum absolute atomic E-state index is 0.00851. The number of sulfonamides is 1. The second kappa shape index (κ2) is 6.70. The van der Waals surface area contributed by atoms with E-state index in [1.807, 2.05) is 6.92 Å². The number of benzene rings is 1. The first-order chi connectivity index (χ1) is 11.2. The highest BCUT2D eigenvalue weighted by atomic mass is 32.2. The van der Waals surface area contributed by atoms with Gasteiger partial charge in [-0.25, -0.2) is 8.42 Å². The van der Waals surface area contributed by atoms with E-state index in [4.69, 9.17) is 5.11 Å². The van der Waals surface area contributed by atoms with E-state index in [9.17, 15) is 22.8 Å². The minimum Gasteiger partial charge on any atom is -0.480 e. The molecule has 8 nitrogen and oxygen atoms in total. The maximum Gasteiger partial charge on any atom is 0.321 e. The normalized spacial score (nSPS) is 15.5. The number of rotatable bonds is 7. The van der Waals surface area contributed by atoms with Gasteiger partial charge in [-0.1, -0.05) is 19.8 Å². The summed E-state index contributed by atoms with van der Waals surface area (Å²) in [6.07, 6.45) is 1.45. The van der Waals surface area contributed by atoms with Gasteiger partial charge in [-0.05, 0) is 24.6 Å². The van der Waals surface area contributed by atoms with Crippen molar-refractivity contribution in [1.82, 2.24) is 9.62 Å². The van der Waals surface area contributed by atoms with Crippen LogP contribution >= 0.6 is 0 Å². The van der Waals surface area contributed by atoms with Crippen LogP contribution in [0.5, 0.6) is 0 Å². The molecule has 0 unspecified atom stereocenters. The van der Waals surface area contributed by atoms with Gasteiger partial charge in [0.1, 0.15) is 6.04 Å². The third-order valence-electron chi connectivity index (χ3n) is 3.81. The Morgan fingerprint density at radius 1 is 1.25 bits per heavy atom. The predicted octanol–water partition coefficient (Wildman–Crippen LogP) is 0.834. The fraction of sp³-hybridized carbons (Fsp3) is 0.400. The lowest BCUT2D eigenvalue weighted by atomic mass is 10.1. The number of carbonyl (C=O) groups is 3. The highest BCUT2D eigenvalue weighted by molar-refractivity contribution is 7.89. The van der Waals surface area contributed by atoms with Crippen molar-refractivity contribution < 1.29 is 27.9 Å². The van der Waals surface area contributed by atoms with Crippen LogP contribution in [0.3, 0.4) is 0 Å². The predicted molar refractivity (Wildman–Crippen MR) is 84.1 cm³/mol. The molecule has 0 saturated heterocycles. The lowest BCUT2D eigenvalue weighted by molar-refractivity contribution is -0.139. The largest absolute Gasteiger partial charge is 0.480 e. The van der Waals surface area contributed by atoms with Gasteiger partial charge in [0, 0.05) is 7.05 Å². The smallest absolute Gasteiger partial charge is 0.321 e. The molecule has 1 aromatic carbocycles. The summed E-state index contributed by atoms with van der Waals surface area (Å²) in [5, 5.41) is 9.14. The summed E-state index contributed by atoms with van der Waals surface area (Å²) in [5.41, 5.74) is 0.119. The molecule has 0 saturated carbocycles. The van der Waals surface area contributed by atoms with Crippen molar-refractivity contribution in [3.8, 4) is 0 Å². The van der Waals surface area contributed by atoms with E-state index < -0.39 is 33.8 Å². The van der Waals surface area contributed by atoms with E-state index in [2.05, 4.69) is 4.72 Å². The summed E-state index contributed by atoms with van der Waals surface area (Å²) >= 11 is 0. The molecule has 0 spiro atoms. The SMILES string of the molecule is CCCC[C@H](NS(=O)(=O)c1ccc2c(c1)C(=O)N(C)C2=O)C(=O)O. The van der Waals surface area contributed by atoms with Crippen molar-refractivity contribution in [2.75, 3.05) is 7.05 Å². The zero-order valence-electron chi connectivity index (χ0n) is 13.3. The number of fused-ring (bicyclic) bond motifs is 1. The highest BCUT2D eigenvalue weighted by Gasteiger charge is 2.34. The van der Waals surface area contributed by atoms with Crippen LogP contribution in [-0.2, 0) is 14.8 Å². The van der Waals surface area contributed by atoms with Crippen LogP contribution in [0.2, 0.25) is 0 Å². The number of carboxylic acids is 1. The van der Waals surface area contributed by atoms with E-state index in [-0.39, 0.29) is 22.4 Å². The van der Waals surface area contributed by atoms with Crippen molar-refractivity contribution in [3.63, 3.8) is 0 Å². The number of nitrogens with zero attached hydrogens (tertiary/aromatic N) is 1. The van der Waals surface area contributed by atoms with Crippen LogP contribution in [0, 0.1) is 0 Å². The van der Waals surface area contributed by atoms with Gasteiger partial charge in [-0.2, -0.15) is 4.72 Å². The second-order valence-electron chi connectivity index (χ2n) is 5.53. The van der Waals surface area contributed by atoms with Gasteiger partial charge in [0.2, 0.25) is 10.0 Å². The van der Waals surface area contributed by atoms with Crippen molar-refractivity contribution >= 4 is 27.8 Å². The Hall–Kier alpha value is -2.26. The van der Waals surface area contributed by atoms with E-state index >= 15 is 0 Å². The van der Waals surface area contributed by atoms with Crippen LogP contribution < -0.4 is 4.72 Å². The number of carboxylic acid groups (broad SMARTS) is 1. The number of amides is 2. The van der Waals surface area contributed by atoms with Gasteiger partial charge < -0.3 is 5.11 Å². The Bertz CT molecular complexity index is 802. The number of hydrogen-bond acceptors (Lipinski definition) is 5. The molecular formula is C15H18N2O6S. The molecule has 0 fully saturated rings. The Balaban J connectivity index is 2.32. The van der Waals surface area contributed by atoms with Crippen molar-refractivity contribution in [2.45, 2.75) is 37.1 Å². The quantitative estimate of drug-likeness (QED) is 0.700. The van der Waals surface area contributed by atoms with Crippen LogP contribution in [0.15, 0.2) is 23.1 Å². The van der Waals surface area contributed by atoms with Crippen LogP contribution in [0.1, 0.15) is 46.9 Å². The summed E-state index contributed by atoms with van der Waals surface area (Å²) < 4.78 is 26.9. The van der Waals surface area contributed by atoms with Gasteiger partial charge in [0.15, 0.2) is 0 Å². The van der Waals surface area contributed by atoms with Gasteiger partial charge >= 0.3 is 5.97 Å². The standard InChI is InChI=1S/C15H18N2O6S/c1-3-4-5-12(15(20)21)16-24(22,23)9-6-7-10-11(8-9)14(19)17(2)13(10)18/h6-8,12,16H,3-5H2,1-2H3,(H,20,21)/t12-/m0/s1. The third kappa shape index (κ3) is 3.31. The molecule has 1 aliphatic rings. The topological polar surface area (TPSA) is 121 Å². The molecule has 1 heterocycles. The summed E-state index contributed by atoms with van der Waals surface area (Å²) in [4.78, 5) is 35.6. The second-order valence-corrected chi connectivity index (χ2v) is 7.25. The van der Waals surface area contributed by atoms with E-state index in [0.29, 0.717) is 6.42 Å². The fourth-order valence-corrected chi connectivity index (χ4v) is 3.65. The number of nitrogens with one attached hydrogen (secondary N) is 1. The molecule has 1 aliphatic heterocycles. The molecule has 0 radical (unpaired) electrons. The molecule has 24 heavy (non-hydrogen) atoms. The fourth-order valence-electron chi connectivity index (χ4n) is 2.40. The molecule has 0 aliphatic carbocycles. The summed E-state index contributed by atoms with van der Waals surface area (Å²) in [5.74, 6) is -2.36. The van der Waals surface area contributed by atoms with Crippen molar-refractivity contribution in [3.05, 3.63) is 29.3 Å². The Labute approximate surface area is 139 Å². The Kier molecular flexibility index (Phi) is 5.05. The lowest BCUT2D eigenvalue weighted by Crippen LogP contribution is -2.40. The molecule has 1 atom stereocenters. The minimum atomic E-state index is -4.13. The molecule has 0 bridgehead atoms. The molecular weight excluding hydrogens is 336 g/mol. The molecule has 1 aromatic rings. The van der Waals surface area contributed by atoms with Gasteiger partial charge in [0.25, 0.3) is 11.8 Å². The zero-order chi connectivity index (χ0) is 18.1. The maximum absolute atomic E-state index is 12.4. The molecule has 2 amide bonds. The summed E-state index contributed by atoms with van der Waals surface area (Å²) in [6, 6.07) is 2.29. The van der Waals surface area contributed by atoms with E-state index in [1.165, 1.54) is 19.2 Å². The van der Waals surface area contributed by atoms with Crippen LogP contribution in [0.25, 0.3) is 0 Å². The highest BCUT2D eigenvalue weighted by Crippen LogP contribution is 2.24. The van der Waals surface area contributed by atoms with Crippen LogP contribution in [0.4, 0.5) is 0 Å². The third-order valence-corrected chi connectivity index (χ3v) is 5.28. The Morgan fingerprint density at radius 3 is 2.46 bits per heavy atom. The zero-order valence-corrected chi connectivity index (χ0v) is 14.1. The first-order valence-corrected chi connectivity index (χ1v) is 8.89. The van der Waals surface area contributed by atoms with E-state index in [0.717, 1.165) is 17.4 Å². The van der Waals surface area contributed by atoms with Crippen LogP contribution in [-0.4, -0.2) is 49.3 Å².